The number of methoxy groups -OCH3 is 1. The Morgan fingerprint density at radius 2 is 1.89 bits per heavy atom. The van der Waals surface area contributed by atoms with Crippen LogP contribution < -0.4 is 0 Å². The SMILES string of the molecule is COC(=O)CCC(=O)N1CCN(Cc2ccc(-c3cccc(F)c3)s2)CC1. The van der Waals surface area contributed by atoms with Crippen LogP contribution in [0.15, 0.2) is 36.4 Å². The smallest absolute Gasteiger partial charge is 0.306 e. The molecule has 0 bridgehead atoms. The lowest BCUT2D eigenvalue weighted by Crippen LogP contribution is -2.48. The van der Waals surface area contributed by atoms with Crippen LogP contribution in [-0.2, 0) is 20.9 Å². The number of hydrogen-bond donors (Lipinski definition) is 0. The minimum Gasteiger partial charge on any atom is -0.469 e. The van der Waals surface area contributed by atoms with Crippen LogP contribution >= 0.6 is 11.3 Å². The van der Waals surface area contributed by atoms with Gasteiger partial charge in [-0.25, -0.2) is 4.39 Å². The van der Waals surface area contributed by atoms with Gasteiger partial charge in [-0.1, -0.05) is 12.1 Å². The molecule has 144 valence electrons. The van der Waals surface area contributed by atoms with Crippen molar-refractivity contribution in [2.45, 2.75) is 19.4 Å². The molecule has 2 aromatic rings. The van der Waals surface area contributed by atoms with Crippen LogP contribution in [0.3, 0.4) is 0 Å². The van der Waals surface area contributed by atoms with Crippen molar-refractivity contribution in [3.63, 3.8) is 0 Å². The maximum absolute atomic E-state index is 13.4. The zero-order valence-electron chi connectivity index (χ0n) is 15.3. The van der Waals surface area contributed by atoms with Crippen LogP contribution in [-0.4, -0.2) is 55.0 Å². The Morgan fingerprint density at radius 3 is 2.59 bits per heavy atom. The quantitative estimate of drug-likeness (QED) is 0.711. The van der Waals surface area contributed by atoms with Crippen LogP contribution in [0.2, 0.25) is 0 Å². The first-order valence-electron chi connectivity index (χ1n) is 8.97. The van der Waals surface area contributed by atoms with Crippen LogP contribution in [0.25, 0.3) is 10.4 Å². The minimum atomic E-state index is -0.353. The van der Waals surface area contributed by atoms with Gasteiger partial charge in [0, 0.05) is 48.9 Å². The van der Waals surface area contributed by atoms with E-state index in [1.807, 2.05) is 17.0 Å². The van der Waals surface area contributed by atoms with Crippen LogP contribution in [0, 0.1) is 5.82 Å². The van der Waals surface area contributed by atoms with Crippen molar-refractivity contribution in [1.29, 1.82) is 0 Å². The van der Waals surface area contributed by atoms with E-state index < -0.39 is 0 Å². The molecular formula is C20H23FN2O3S. The van der Waals surface area contributed by atoms with Crippen LogP contribution in [0.5, 0.6) is 0 Å². The molecule has 0 spiro atoms. The fourth-order valence-electron chi connectivity index (χ4n) is 3.10. The maximum Gasteiger partial charge on any atom is 0.306 e. The lowest BCUT2D eigenvalue weighted by molar-refractivity contribution is -0.144. The largest absolute Gasteiger partial charge is 0.469 e. The summed E-state index contributed by atoms with van der Waals surface area (Å²) in [5.41, 5.74) is 0.896. The first-order valence-corrected chi connectivity index (χ1v) is 9.78. The van der Waals surface area contributed by atoms with Gasteiger partial charge in [-0.05, 0) is 29.8 Å². The van der Waals surface area contributed by atoms with Crippen molar-refractivity contribution in [3.05, 3.63) is 47.1 Å². The standard InChI is InChI=1S/C20H23FN2O3S/c1-26-20(25)8-7-19(24)23-11-9-22(10-12-23)14-17-5-6-18(27-17)15-3-2-4-16(21)13-15/h2-6,13H,7-12,14H2,1H3. The van der Waals surface area contributed by atoms with Crippen molar-refractivity contribution < 1.29 is 18.7 Å². The average molecular weight is 390 g/mol. The highest BCUT2D eigenvalue weighted by molar-refractivity contribution is 7.15. The molecule has 1 amide bonds. The topological polar surface area (TPSA) is 49.9 Å². The molecule has 2 heterocycles. The number of hydrogen-bond acceptors (Lipinski definition) is 5. The third-order valence-electron chi connectivity index (χ3n) is 4.65. The molecule has 5 nitrogen and oxygen atoms in total. The number of amides is 1. The fraction of sp³-hybridized carbons (Fsp3) is 0.400. The summed E-state index contributed by atoms with van der Waals surface area (Å²) in [6.45, 7) is 3.77. The summed E-state index contributed by atoms with van der Waals surface area (Å²) in [7, 11) is 1.33. The Morgan fingerprint density at radius 1 is 1.11 bits per heavy atom. The third kappa shape index (κ3) is 5.37. The zero-order valence-corrected chi connectivity index (χ0v) is 16.1. The summed E-state index contributed by atoms with van der Waals surface area (Å²) in [5.74, 6) is -0.575. The van der Waals surface area contributed by atoms with Gasteiger partial charge >= 0.3 is 5.97 Å². The molecule has 0 radical (unpaired) electrons. The van der Waals surface area contributed by atoms with E-state index in [1.54, 1.807) is 23.5 Å². The van der Waals surface area contributed by atoms with Gasteiger partial charge in [0.1, 0.15) is 5.82 Å². The van der Waals surface area contributed by atoms with Gasteiger partial charge in [0.2, 0.25) is 5.91 Å². The molecule has 1 aromatic heterocycles. The summed E-state index contributed by atoms with van der Waals surface area (Å²) in [5, 5.41) is 0. The van der Waals surface area contributed by atoms with Crippen molar-refractivity contribution in [3.8, 4) is 10.4 Å². The summed E-state index contributed by atoms with van der Waals surface area (Å²) >= 11 is 1.67. The lowest BCUT2D eigenvalue weighted by atomic mass is 10.2. The van der Waals surface area contributed by atoms with Crippen LogP contribution in [0.4, 0.5) is 4.39 Å². The number of nitrogens with zero attached hydrogens (tertiary/aromatic N) is 2. The van der Waals surface area contributed by atoms with E-state index in [0.717, 1.165) is 30.1 Å². The molecule has 1 aliphatic rings. The number of benzene rings is 1. The van der Waals surface area contributed by atoms with Gasteiger partial charge in [0.25, 0.3) is 0 Å². The lowest BCUT2D eigenvalue weighted by Gasteiger charge is -2.34. The average Bonchev–Trinajstić information content (AvgIpc) is 3.15. The molecule has 7 heteroatoms. The molecule has 3 rings (SSSR count). The highest BCUT2D eigenvalue weighted by Gasteiger charge is 2.22. The van der Waals surface area contributed by atoms with Crippen molar-refractivity contribution in [1.82, 2.24) is 9.80 Å². The maximum atomic E-state index is 13.4. The second-order valence-electron chi connectivity index (χ2n) is 6.51. The molecule has 1 aromatic carbocycles. The molecule has 0 atom stereocenters. The molecule has 0 unspecified atom stereocenters. The van der Waals surface area contributed by atoms with Crippen molar-refractivity contribution in [2.75, 3.05) is 33.3 Å². The Balaban J connectivity index is 1.48. The van der Waals surface area contributed by atoms with Gasteiger partial charge in [-0.15, -0.1) is 11.3 Å². The zero-order chi connectivity index (χ0) is 19.2. The predicted molar refractivity (Wildman–Crippen MR) is 103 cm³/mol. The number of ether oxygens (including phenoxy) is 1. The minimum absolute atomic E-state index is 0.00423. The molecule has 1 aliphatic heterocycles. The Kier molecular flexibility index (Phi) is 6.58. The molecule has 1 saturated heterocycles. The molecule has 27 heavy (non-hydrogen) atoms. The number of carbonyl (C=O) groups is 2. The van der Waals surface area contributed by atoms with E-state index >= 15 is 0 Å². The summed E-state index contributed by atoms with van der Waals surface area (Å²) in [6.07, 6.45) is 0.336. The molecular weight excluding hydrogens is 367 g/mol. The van der Waals surface area contributed by atoms with E-state index in [2.05, 4.69) is 15.7 Å². The van der Waals surface area contributed by atoms with Crippen molar-refractivity contribution >= 4 is 23.2 Å². The first-order chi connectivity index (χ1) is 13.0. The second-order valence-corrected chi connectivity index (χ2v) is 7.68. The highest BCUT2D eigenvalue weighted by atomic mass is 32.1. The van der Waals surface area contributed by atoms with E-state index in [4.69, 9.17) is 0 Å². The Bertz CT molecular complexity index is 800. The van der Waals surface area contributed by atoms with Gasteiger partial charge in [0.15, 0.2) is 0 Å². The molecule has 1 fully saturated rings. The number of carbonyl (C=O) groups excluding carboxylic acids is 2. The van der Waals surface area contributed by atoms with Crippen molar-refractivity contribution in [2.24, 2.45) is 0 Å². The highest BCUT2D eigenvalue weighted by Crippen LogP contribution is 2.29. The first kappa shape index (κ1) is 19.5. The van der Waals surface area contributed by atoms with Gasteiger partial charge in [0.05, 0.1) is 13.5 Å². The summed E-state index contributed by atoms with van der Waals surface area (Å²) in [4.78, 5) is 29.7. The molecule has 0 N–H and O–H groups in total. The van der Waals surface area contributed by atoms with E-state index in [1.165, 1.54) is 18.1 Å². The Hall–Kier alpha value is -2.25. The van der Waals surface area contributed by atoms with Crippen LogP contribution in [0.1, 0.15) is 17.7 Å². The van der Waals surface area contributed by atoms with Gasteiger partial charge in [-0.3, -0.25) is 14.5 Å². The number of esters is 1. The normalized spacial score (nSPS) is 15.0. The predicted octanol–water partition coefficient (Wildman–Crippen LogP) is 3.15. The Labute approximate surface area is 162 Å². The second kappa shape index (κ2) is 9.10. The molecule has 0 saturated carbocycles. The fourth-order valence-corrected chi connectivity index (χ4v) is 4.15. The number of piperazine rings is 1. The monoisotopic (exact) mass is 390 g/mol. The van der Waals surface area contributed by atoms with Gasteiger partial charge in [-0.2, -0.15) is 0 Å². The van der Waals surface area contributed by atoms with E-state index in [9.17, 15) is 14.0 Å². The number of thiophene rings is 1. The van der Waals surface area contributed by atoms with Gasteiger partial charge < -0.3 is 9.64 Å². The molecule has 0 aliphatic carbocycles. The number of rotatable bonds is 6. The summed E-state index contributed by atoms with van der Waals surface area (Å²) < 4.78 is 18.0. The summed E-state index contributed by atoms with van der Waals surface area (Å²) in [6, 6.07) is 10.7. The number of halogens is 1. The third-order valence-corrected chi connectivity index (χ3v) is 5.76. The van der Waals surface area contributed by atoms with E-state index in [-0.39, 0.29) is 30.5 Å². The van der Waals surface area contributed by atoms with E-state index in [0.29, 0.717) is 13.1 Å².